The summed E-state index contributed by atoms with van der Waals surface area (Å²) in [7, 11) is 0. The van der Waals surface area contributed by atoms with E-state index < -0.39 is 0 Å². The molecule has 0 spiro atoms. The van der Waals surface area contributed by atoms with Crippen molar-refractivity contribution >= 4 is 21.6 Å². The van der Waals surface area contributed by atoms with Crippen LogP contribution in [0.4, 0.5) is 5.69 Å². The van der Waals surface area contributed by atoms with Gasteiger partial charge in [0, 0.05) is 16.7 Å². The number of fused-ring (bicyclic) bond motifs is 1. The minimum atomic E-state index is 0.858. The predicted octanol–water partition coefficient (Wildman–Crippen LogP) is 4.61. The zero-order valence-corrected chi connectivity index (χ0v) is 11.8. The van der Waals surface area contributed by atoms with E-state index in [1.807, 2.05) is 0 Å². The van der Waals surface area contributed by atoms with Gasteiger partial charge in [-0.05, 0) is 42.0 Å². The Kier molecular flexibility index (Phi) is 3.41. The Morgan fingerprint density at radius 1 is 1.06 bits per heavy atom. The quantitative estimate of drug-likeness (QED) is 0.797. The van der Waals surface area contributed by atoms with Crippen molar-refractivity contribution in [1.82, 2.24) is 0 Å². The van der Waals surface area contributed by atoms with Gasteiger partial charge in [0.2, 0.25) is 0 Å². The molecule has 1 nitrogen and oxygen atoms in total. The van der Waals surface area contributed by atoms with Crippen molar-refractivity contribution in [3.63, 3.8) is 0 Å². The molecule has 3 rings (SSSR count). The van der Waals surface area contributed by atoms with Crippen LogP contribution in [0, 0.1) is 11.8 Å². The monoisotopic (exact) mass is 293 g/mol. The summed E-state index contributed by atoms with van der Waals surface area (Å²) in [6.45, 7) is 1.18. The second-order valence-corrected chi connectivity index (χ2v) is 6.46. The molecule has 1 heterocycles. The highest BCUT2D eigenvalue weighted by Crippen LogP contribution is 2.36. The molecular formula is C15H20BrN. The van der Waals surface area contributed by atoms with E-state index in [1.54, 1.807) is 0 Å². The first-order valence-electron chi connectivity index (χ1n) is 6.85. The van der Waals surface area contributed by atoms with E-state index in [9.17, 15) is 0 Å². The van der Waals surface area contributed by atoms with Crippen molar-refractivity contribution in [2.75, 3.05) is 11.9 Å². The van der Waals surface area contributed by atoms with Crippen LogP contribution in [-0.2, 0) is 6.42 Å². The van der Waals surface area contributed by atoms with Crippen LogP contribution >= 0.6 is 15.9 Å². The van der Waals surface area contributed by atoms with E-state index in [0.29, 0.717) is 0 Å². The summed E-state index contributed by atoms with van der Waals surface area (Å²) in [6.07, 6.45) is 8.54. The fourth-order valence-corrected chi connectivity index (χ4v) is 3.85. The fourth-order valence-electron chi connectivity index (χ4n) is 3.44. The average molecular weight is 294 g/mol. The first-order chi connectivity index (χ1) is 8.33. The fraction of sp³-hybridized carbons (Fsp3) is 0.600. The molecule has 1 aliphatic carbocycles. The minimum absolute atomic E-state index is 0.858. The van der Waals surface area contributed by atoms with Crippen molar-refractivity contribution in [3.8, 4) is 0 Å². The van der Waals surface area contributed by atoms with Gasteiger partial charge in [0.1, 0.15) is 0 Å². The molecule has 2 aliphatic rings. The maximum Gasteiger partial charge on any atom is 0.0373 e. The second-order valence-electron chi connectivity index (χ2n) is 5.54. The van der Waals surface area contributed by atoms with Crippen molar-refractivity contribution < 1.29 is 0 Å². The van der Waals surface area contributed by atoms with Gasteiger partial charge < -0.3 is 5.32 Å². The summed E-state index contributed by atoms with van der Waals surface area (Å²) in [6, 6.07) is 6.63. The van der Waals surface area contributed by atoms with Crippen LogP contribution in [0.15, 0.2) is 22.7 Å². The summed E-state index contributed by atoms with van der Waals surface area (Å²) in [5.74, 6) is 1.82. The third kappa shape index (κ3) is 2.52. The molecule has 92 valence electrons. The lowest BCUT2D eigenvalue weighted by molar-refractivity contribution is 0.252. The molecule has 1 fully saturated rings. The molecule has 0 aromatic heterocycles. The third-order valence-corrected chi connectivity index (χ3v) is 4.91. The lowest BCUT2D eigenvalue weighted by Gasteiger charge is -2.34. The third-order valence-electron chi connectivity index (χ3n) is 4.42. The first kappa shape index (κ1) is 11.6. The number of hydrogen-bond donors (Lipinski definition) is 1. The number of nitrogens with one attached hydrogen (secondary N) is 1. The number of rotatable bonds is 1. The molecule has 1 N–H and O–H groups in total. The van der Waals surface area contributed by atoms with Gasteiger partial charge in [0.25, 0.3) is 0 Å². The summed E-state index contributed by atoms with van der Waals surface area (Å²) < 4.78 is 1.21. The lowest BCUT2D eigenvalue weighted by atomic mass is 9.76. The normalized spacial score (nSPS) is 25.1. The van der Waals surface area contributed by atoms with Crippen molar-refractivity contribution in [1.29, 1.82) is 0 Å². The largest absolute Gasteiger partial charge is 0.385 e. The Bertz CT molecular complexity index is 396. The van der Waals surface area contributed by atoms with Gasteiger partial charge in [-0.15, -0.1) is 0 Å². The van der Waals surface area contributed by atoms with E-state index in [4.69, 9.17) is 0 Å². The molecule has 0 bridgehead atoms. The van der Waals surface area contributed by atoms with Crippen LogP contribution in [0.2, 0.25) is 0 Å². The molecule has 0 radical (unpaired) electrons. The Labute approximate surface area is 112 Å². The van der Waals surface area contributed by atoms with Crippen molar-refractivity contribution in [2.45, 2.75) is 38.5 Å². The topological polar surface area (TPSA) is 12.0 Å². The summed E-state index contributed by atoms with van der Waals surface area (Å²) in [4.78, 5) is 0. The number of anilines is 1. The van der Waals surface area contributed by atoms with Crippen LogP contribution in [0.1, 0.15) is 37.7 Å². The zero-order chi connectivity index (χ0) is 11.7. The van der Waals surface area contributed by atoms with Crippen LogP contribution in [0.25, 0.3) is 0 Å². The first-order valence-corrected chi connectivity index (χ1v) is 7.64. The number of benzene rings is 1. The molecular weight excluding hydrogens is 274 g/mol. The Hall–Kier alpha value is -0.500. The highest BCUT2D eigenvalue weighted by Gasteiger charge is 2.27. The maximum absolute atomic E-state index is 3.62. The van der Waals surface area contributed by atoms with Crippen LogP contribution in [-0.4, -0.2) is 6.54 Å². The molecule has 1 unspecified atom stereocenters. The molecule has 1 aromatic rings. The van der Waals surface area contributed by atoms with Gasteiger partial charge in [0.05, 0.1) is 0 Å². The van der Waals surface area contributed by atoms with Gasteiger partial charge in [-0.1, -0.05) is 48.0 Å². The van der Waals surface area contributed by atoms with Crippen LogP contribution in [0.3, 0.4) is 0 Å². The molecule has 1 atom stereocenters. The van der Waals surface area contributed by atoms with E-state index in [2.05, 4.69) is 39.4 Å². The van der Waals surface area contributed by atoms with Gasteiger partial charge in [-0.2, -0.15) is 0 Å². The van der Waals surface area contributed by atoms with Gasteiger partial charge >= 0.3 is 0 Å². The molecule has 1 saturated carbocycles. The number of hydrogen-bond acceptors (Lipinski definition) is 1. The molecule has 0 amide bonds. The summed E-state index contributed by atoms with van der Waals surface area (Å²) in [5, 5.41) is 3.62. The van der Waals surface area contributed by atoms with Crippen molar-refractivity contribution in [2.24, 2.45) is 11.8 Å². The van der Waals surface area contributed by atoms with Crippen LogP contribution in [0.5, 0.6) is 0 Å². The Morgan fingerprint density at radius 3 is 2.71 bits per heavy atom. The average Bonchev–Trinajstić information content (AvgIpc) is 2.39. The van der Waals surface area contributed by atoms with E-state index in [-0.39, 0.29) is 0 Å². The highest BCUT2D eigenvalue weighted by molar-refractivity contribution is 9.10. The SMILES string of the molecule is Brc1ccc2c(c1)CC(C1CCCCC1)CN2. The standard InChI is InChI=1S/C15H20BrN/c16-14-6-7-15-12(9-14)8-13(10-17-15)11-4-2-1-3-5-11/h6-7,9,11,13,17H,1-5,8,10H2. The molecule has 1 aromatic carbocycles. The van der Waals surface area contributed by atoms with Crippen molar-refractivity contribution in [3.05, 3.63) is 28.2 Å². The smallest absolute Gasteiger partial charge is 0.0373 e. The molecule has 1 aliphatic heterocycles. The van der Waals surface area contributed by atoms with Gasteiger partial charge in [-0.3, -0.25) is 0 Å². The molecule has 17 heavy (non-hydrogen) atoms. The molecule has 0 saturated heterocycles. The minimum Gasteiger partial charge on any atom is -0.385 e. The predicted molar refractivity (Wildman–Crippen MR) is 76.4 cm³/mol. The Morgan fingerprint density at radius 2 is 1.88 bits per heavy atom. The van der Waals surface area contributed by atoms with Gasteiger partial charge in [0.15, 0.2) is 0 Å². The van der Waals surface area contributed by atoms with Gasteiger partial charge in [-0.25, -0.2) is 0 Å². The number of halogens is 1. The summed E-state index contributed by atoms with van der Waals surface area (Å²) >= 11 is 3.58. The maximum atomic E-state index is 3.62. The second kappa shape index (κ2) is 5.01. The van der Waals surface area contributed by atoms with E-state index in [0.717, 1.165) is 11.8 Å². The zero-order valence-electron chi connectivity index (χ0n) is 10.2. The molecule has 2 heteroatoms. The lowest BCUT2D eigenvalue weighted by Crippen LogP contribution is -2.30. The van der Waals surface area contributed by atoms with E-state index in [1.165, 1.54) is 60.8 Å². The summed E-state index contributed by atoms with van der Waals surface area (Å²) in [5.41, 5.74) is 2.85. The highest BCUT2D eigenvalue weighted by atomic mass is 79.9. The Balaban J connectivity index is 1.75. The van der Waals surface area contributed by atoms with E-state index >= 15 is 0 Å². The van der Waals surface area contributed by atoms with Crippen LogP contribution < -0.4 is 5.32 Å².